The summed E-state index contributed by atoms with van der Waals surface area (Å²) < 4.78 is 6.07. The van der Waals surface area contributed by atoms with Crippen LogP contribution >= 0.6 is 15.9 Å². The van der Waals surface area contributed by atoms with Gasteiger partial charge in [-0.15, -0.1) is 0 Å². The molecule has 1 unspecified atom stereocenters. The first-order valence-corrected chi connectivity index (χ1v) is 10.7. The maximum Gasteiger partial charge on any atom is 0.213 e. The van der Waals surface area contributed by atoms with Crippen LogP contribution in [0.15, 0.2) is 16.6 Å². The molecule has 0 spiro atoms. The van der Waals surface area contributed by atoms with Gasteiger partial charge < -0.3 is 4.74 Å². The predicted octanol–water partition coefficient (Wildman–Crippen LogP) is 2.77. The average molecular weight is 381 g/mol. The summed E-state index contributed by atoms with van der Waals surface area (Å²) in [5, 5.41) is 9.25. The maximum absolute atomic E-state index is 12.7. The lowest BCUT2D eigenvalue weighted by atomic mass is 9.73. The molecule has 4 nitrogen and oxygen atoms in total. The van der Waals surface area contributed by atoms with Gasteiger partial charge in [-0.05, 0) is 39.9 Å². The number of nitriles is 1. The van der Waals surface area contributed by atoms with E-state index in [0.717, 1.165) is 10.2 Å². The van der Waals surface area contributed by atoms with Crippen LogP contribution in [-0.4, -0.2) is 27.4 Å². The minimum atomic E-state index is -0.457. The molecule has 2 rings (SSSR count). The van der Waals surface area contributed by atoms with Crippen molar-refractivity contribution in [3.63, 3.8) is 0 Å². The lowest BCUT2D eigenvalue weighted by Crippen LogP contribution is -2.39. The van der Waals surface area contributed by atoms with Crippen molar-refractivity contribution in [3.8, 4) is 11.9 Å². The molecule has 1 heterocycles. The molecule has 1 aliphatic carbocycles. The second-order valence-corrected chi connectivity index (χ2v) is 8.58. The average Bonchev–Trinajstić information content (AvgIpc) is 2.52. The van der Waals surface area contributed by atoms with E-state index in [9.17, 15) is 10.1 Å². The lowest BCUT2D eigenvalue weighted by molar-refractivity contribution is -0.128. The van der Waals surface area contributed by atoms with E-state index >= 15 is 0 Å². The Morgan fingerprint density at radius 3 is 2.86 bits per heavy atom. The Hall–Kier alpha value is -1.19. The first-order valence-electron chi connectivity index (χ1n) is 7.64. The third kappa shape index (κ3) is 3.41. The fourth-order valence-corrected chi connectivity index (χ4v) is 5.86. The van der Waals surface area contributed by atoms with E-state index in [1.807, 2.05) is 6.07 Å². The summed E-state index contributed by atoms with van der Waals surface area (Å²) in [4.78, 5) is 17.1. The summed E-state index contributed by atoms with van der Waals surface area (Å²) in [6.45, 7) is 4.43. The molecular weight excluding hydrogens is 360 g/mol. The Kier molecular flexibility index (Phi) is 5.76. The zero-order chi connectivity index (χ0) is 16.3. The highest BCUT2D eigenvalue weighted by atomic mass is 79.9. The number of ketones is 1. The second kappa shape index (κ2) is 7.38. The van der Waals surface area contributed by atoms with Crippen LogP contribution < -0.4 is 4.74 Å². The van der Waals surface area contributed by atoms with E-state index < -0.39 is 5.92 Å². The molecule has 0 N–H and O–H groups in total. The van der Waals surface area contributed by atoms with Crippen molar-refractivity contribution in [1.29, 1.82) is 5.26 Å². The molecule has 0 aliphatic heterocycles. The Labute approximate surface area is 142 Å². The van der Waals surface area contributed by atoms with Crippen LogP contribution in [0.25, 0.3) is 0 Å². The van der Waals surface area contributed by atoms with E-state index in [4.69, 9.17) is 4.74 Å². The van der Waals surface area contributed by atoms with E-state index in [1.54, 1.807) is 13.2 Å². The Balaban J connectivity index is 2.31. The van der Waals surface area contributed by atoms with Gasteiger partial charge in [0.2, 0.25) is 5.88 Å². The fraction of sp³-hybridized carbons (Fsp3) is 0.562. The largest absolute Gasteiger partial charge is 0.481 e. The minimum Gasteiger partial charge on any atom is -0.481 e. The van der Waals surface area contributed by atoms with E-state index in [0.29, 0.717) is 30.2 Å². The number of pyridine rings is 1. The Bertz CT molecular complexity index is 602. The number of carbonyl (C=O) groups excluding carboxylic acids is 1. The van der Waals surface area contributed by atoms with Crippen molar-refractivity contribution >= 4 is 31.2 Å². The third-order valence-electron chi connectivity index (χ3n) is 4.71. The molecule has 1 aliphatic rings. The van der Waals surface area contributed by atoms with Crippen LogP contribution in [0.3, 0.4) is 0 Å². The standard InChI is InChI=1S/C16H21BrN2O2Si/c1-9-6-10(8-18)15(20)11(16(9)22-3)7-13-12(17)4-5-14(19-13)21-2/h4-5,9-11,16H,6-7,22H2,1-3H3/t9-,10?,11+,16+/m1/s1. The van der Waals surface area contributed by atoms with Crippen molar-refractivity contribution in [3.05, 3.63) is 22.3 Å². The van der Waals surface area contributed by atoms with Gasteiger partial charge in [0.25, 0.3) is 0 Å². The third-order valence-corrected chi connectivity index (χ3v) is 7.75. The molecule has 0 bridgehead atoms. The normalized spacial score (nSPS) is 28.8. The van der Waals surface area contributed by atoms with Crippen molar-refractivity contribution < 1.29 is 9.53 Å². The summed E-state index contributed by atoms with van der Waals surface area (Å²) in [6.07, 6.45) is 1.30. The van der Waals surface area contributed by atoms with E-state index in [2.05, 4.69) is 40.5 Å². The highest BCUT2D eigenvalue weighted by molar-refractivity contribution is 9.10. The van der Waals surface area contributed by atoms with Gasteiger partial charge in [0, 0.05) is 32.4 Å². The van der Waals surface area contributed by atoms with Crippen LogP contribution in [0.4, 0.5) is 0 Å². The summed E-state index contributed by atoms with van der Waals surface area (Å²) in [7, 11) is 1.25. The van der Waals surface area contributed by atoms with Crippen LogP contribution in [0.5, 0.6) is 5.88 Å². The summed E-state index contributed by atoms with van der Waals surface area (Å²) >= 11 is 3.51. The van der Waals surface area contributed by atoms with Crippen molar-refractivity contribution in [1.82, 2.24) is 4.98 Å². The molecule has 1 saturated carbocycles. The maximum atomic E-state index is 12.7. The smallest absolute Gasteiger partial charge is 0.213 e. The number of rotatable bonds is 4. The molecule has 1 fully saturated rings. The predicted molar refractivity (Wildman–Crippen MR) is 91.7 cm³/mol. The monoisotopic (exact) mass is 380 g/mol. The summed E-state index contributed by atoms with van der Waals surface area (Å²) in [6, 6.07) is 5.89. The summed E-state index contributed by atoms with van der Waals surface area (Å²) in [5.41, 5.74) is 1.29. The number of Topliss-reactive ketones (excluding diaryl/α,β-unsaturated/α-hetero) is 1. The zero-order valence-electron chi connectivity index (χ0n) is 13.2. The quantitative estimate of drug-likeness (QED) is 0.753. The molecule has 0 saturated heterocycles. The van der Waals surface area contributed by atoms with Crippen LogP contribution in [-0.2, 0) is 11.2 Å². The second-order valence-electron chi connectivity index (χ2n) is 5.96. The highest BCUT2D eigenvalue weighted by Gasteiger charge is 2.41. The van der Waals surface area contributed by atoms with Gasteiger partial charge in [0.05, 0.1) is 18.9 Å². The van der Waals surface area contributed by atoms with Crippen molar-refractivity contribution in [2.24, 2.45) is 17.8 Å². The van der Waals surface area contributed by atoms with Gasteiger partial charge in [-0.1, -0.05) is 13.5 Å². The van der Waals surface area contributed by atoms with Gasteiger partial charge in [0.1, 0.15) is 5.92 Å². The number of halogens is 1. The fourth-order valence-electron chi connectivity index (χ4n) is 3.51. The van der Waals surface area contributed by atoms with Gasteiger partial charge in [-0.25, -0.2) is 4.98 Å². The number of ether oxygens (including phenoxy) is 1. The number of methoxy groups -OCH3 is 1. The molecule has 1 aromatic heterocycles. The lowest BCUT2D eigenvalue weighted by Gasteiger charge is -2.37. The molecule has 0 radical (unpaired) electrons. The van der Waals surface area contributed by atoms with Crippen LogP contribution in [0.2, 0.25) is 12.1 Å². The van der Waals surface area contributed by atoms with E-state index in [-0.39, 0.29) is 21.2 Å². The number of nitrogens with zero attached hydrogens (tertiary/aromatic N) is 2. The molecule has 118 valence electrons. The van der Waals surface area contributed by atoms with Gasteiger partial charge in [0.15, 0.2) is 5.78 Å². The molecule has 0 aromatic carbocycles. The number of carbonyl (C=O) groups is 1. The van der Waals surface area contributed by atoms with Gasteiger partial charge in [-0.3, -0.25) is 4.79 Å². The van der Waals surface area contributed by atoms with Crippen molar-refractivity contribution in [2.75, 3.05) is 7.11 Å². The molecule has 1 aromatic rings. The van der Waals surface area contributed by atoms with Gasteiger partial charge in [-0.2, -0.15) is 5.26 Å². The van der Waals surface area contributed by atoms with Crippen LogP contribution in [0.1, 0.15) is 19.0 Å². The molecule has 6 heteroatoms. The van der Waals surface area contributed by atoms with E-state index in [1.165, 1.54) is 0 Å². The zero-order valence-corrected chi connectivity index (χ0v) is 16.2. The minimum absolute atomic E-state index is 0.0824. The van der Waals surface area contributed by atoms with Gasteiger partial charge >= 0.3 is 0 Å². The number of hydrogen-bond donors (Lipinski definition) is 0. The first-order chi connectivity index (χ1) is 10.5. The Morgan fingerprint density at radius 2 is 2.27 bits per heavy atom. The Morgan fingerprint density at radius 1 is 1.55 bits per heavy atom. The molecule has 0 amide bonds. The SMILES string of the molecule is COc1ccc(Br)c(C[C@H]2C(=O)C(C#N)C[C@@H](C)[C@@H]2[SiH2]C)n1. The molecule has 22 heavy (non-hydrogen) atoms. The number of hydrogen-bond acceptors (Lipinski definition) is 4. The molecule has 4 atom stereocenters. The first kappa shape index (κ1) is 17.2. The highest BCUT2D eigenvalue weighted by Crippen LogP contribution is 2.41. The number of aromatic nitrogens is 1. The topological polar surface area (TPSA) is 63.0 Å². The molecular formula is C16H21BrN2O2Si. The summed E-state index contributed by atoms with van der Waals surface area (Å²) in [5.74, 6) is 0.559. The van der Waals surface area contributed by atoms with Crippen LogP contribution in [0, 0.1) is 29.1 Å². The van der Waals surface area contributed by atoms with Crippen molar-refractivity contribution in [2.45, 2.75) is 31.9 Å².